The third-order valence-electron chi connectivity index (χ3n) is 7.58. The zero-order chi connectivity index (χ0) is 25.0. The number of fused-ring (bicyclic) bond motifs is 1. The Hall–Kier alpha value is -3.18. The van der Waals surface area contributed by atoms with E-state index >= 15 is 8.78 Å². The van der Waals surface area contributed by atoms with Gasteiger partial charge in [0.1, 0.15) is 22.9 Å². The van der Waals surface area contributed by atoms with E-state index in [1.54, 1.807) is 18.2 Å². The Kier molecular flexibility index (Phi) is 5.64. The summed E-state index contributed by atoms with van der Waals surface area (Å²) in [7, 11) is 0. The summed E-state index contributed by atoms with van der Waals surface area (Å²) in [5.74, 6) is -0.636. The van der Waals surface area contributed by atoms with Gasteiger partial charge < -0.3 is 10.0 Å². The van der Waals surface area contributed by atoms with Crippen molar-refractivity contribution in [2.75, 3.05) is 4.90 Å². The lowest BCUT2D eigenvalue weighted by molar-refractivity contribution is 0.412. The first-order valence-electron chi connectivity index (χ1n) is 12.3. The van der Waals surface area contributed by atoms with Crippen molar-refractivity contribution in [3.8, 4) is 5.75 Å². The number of phenols is 1. The molecule has 0 aromatic heterocycles. The number of benzene rings is 4. The van der Waals surface area contributed by atoms with E-state index in [-0.39, 0.29) is 17.4 Å². The van der Waals surface area contributed by atoms with E-state index in [9.17, 15) is 5.11 Å². The van der Waals surface area contributed by atoms with Gasteiger partial charge in [-0.3, -0.25) is 0 Å². The Balaban J connectivity index is 1.73. The first-order chi connectivity index (χ1) is 17.4. The van der Waals surface area contributed by atoms with E-state index in [0.29, 0.717) is 16.0 Å². The molecule has 2 atom stereocenters. The standard InChI is InChI=1S/C31H26BrF2NO/c1-19-15-22-5-2-3-8-27(22)31(23-6-4-7-26(36)16-23,30-28(33)17-24(32)18-29(30)34)35(19)25-13-11-21(12-14-25)20-9-10-20/h2-8,11-14,16-20,36H,9-10,15H2,1H3/t19-,31+/m1/s1. The number of anilines is 1. The molecule has 1 fully saturated rings. The van der Waals surface area contributed by atoms with Crippen molar-refractivity contribution in [2.24, 2.45) is 0 Å². The number of halogens is 3. The monoisotopic (exact) mass is 545 g/mol. The molecule has 0 bridgehead atoms. The summed E-state index contributed by atoms with van der Waals surface area (Å²) in [5, 5.41) is 10.5. The van der Waals surface area contributed by atoms with Crippen LogP contribution in [-0.4, -0.2) is 11.1 Å². The van der Waals surface area contributed by atoms with E-state index in [1.807, 2.05) is 30.3 Å². The number of phenolic OH excluding ortho intramolecular Hbond substituents is 1. The fourth-order valence-electron chi connectivity index (χ4n) is 6.01. The summed E-state index contributed by atoms with van der Waals surface area (Å²) < 4.78 is 32.4. The van der Waals surface area contributed by atoms with Gasteiger partial charge in [-0.05, 0) is 90.8 Å². The fraction of sp³-hybridized carbons (Fsp3) is 0.226. The predicted octanol–water partition coefficient (Wildman–Crippen LogP) is 8.05. The minimum Gasteiger partial charge on any atom is -0.508 e. The van der Waals surface area contributed by atoms with Crippen LogP contribution in [0.15, 0.2) is 89.4 Å². The van der Waals surface area contributed by atoms with Gasteiger partial charge in [0.2, 0.25) is 0 Å². The second kappa shape index (κ2) is 8.74. The molecule has 1 N–H and O–H groups in total. The predicted molar refractivity (Wildman–Crippen MR) is 143 cm³/mol. The summed E-state index contributed by atoms with van der Waals surface area (Å²) in [6, 6.07) is 25.6. The maximum atomic E-state index is 16.1. The minimum absolute atomic E-state index is 0.0459. The number of hydrogen-bond acceptors (Lipinski definition) is 2. The summed E-state index contributed by atoms with van der Waals surface area (Å²) in [6.07, 6.45) is 3.13. The molecule has 1 aliphatic heterocycles. The second-order valence-electron chi connectivity index (χ2n) is 9.95. The van der Waals surface area contributed by atoms with E-state index in [1.165, 1.54) is 30.5 Å². The maximum Gasteiger partial charge on any atom is 0.133 e. The van der Waals surface area contributed by atoms with Gasteiger partial charge in [-0.15, -0.1) is 0 Å². The average Bonchev–Trinajstić information content (AvgIpc) is 3.69. The van der Waals surface area contributed by atoms with Crippen molar-refractivity contribution in [1.29, 1.82) is 0 Å². The molecule has 0 unspecified atom stereocenters. The number of hydrogen-bond donors (Lipinski definition) is 1. The molecular weight excluding hydrogens is 520 g/mol. The zero-order valence-electron chi connectivity index (χ0n) is 19.9. The normalized spacial score (nSPS) is 21.3. The first kappa shape index (κ1) is 23.2. The third-order valence-corrected chi connectivity index (χ3v) is 8.04. The van der Waals surface area contributed by atoms with Crippen molar-refractivity contribution in [3.05, 3.63) is 129 Å². The summed E-state index contributed by atoms with van der Waals surface area (Å²) in [6.45, 7) is 2.09. The molecule has 6 rings (SSSR count). The molecule has 182 valence electrons. The molecule has 36 heavy (non-hydrogen) atoms. The van der Waals surface area contributed by atoms with Crippen molar-refractivity contribution >= 4 is 21.6 Å². The van der Waals surface area contributed by atoms with Crippen molar-refractivity contribution in [3.63, 3.8) is 0 Å². The average molecular weight is 546 g/mol. The molecule has 1 aliphatic carbocycles. The van der Waals surface area contributed by atoms with Gasteiger partial charge in [-0.2, -0.15) is 0 Å². The van der Waals surface area contributed by atoms with Crippen LogP contribution in [0, 0.1) is 11.6 Å². The summed E-state index contributed by atoms with van der Waals surface area (Å²) in [4.78, 5) is 2.14. The maximum absolute atomic E-state index is 16.1. The molecule has 5 heteroatoms. The second-order valence-corrected chi connectivity index (χ2v) is 10.9. The van der Waals surface area contributed by atoms with Crippen LogP contribution >= 0.6 is 15.9 Å². The zero-order valence-corrected chi connectivity index (χ0v) is 21.5. The van der Waals surface area contributed by atoms with Crippen molar-refractivity contribution in [1.82, 2.24) is 0 Å². The van der Waals surface area contributed by atoms with Gasteiger partial charge in [-0.1, -0.05) is 64.5 Å². The number of rotatable bonds is 4. The smallest absolute Gasteiger partial charge is 0.133 e. The summed E-state index contributed by atoms with van der Waals surface area (Å²) in [5.41, 5.74) is 3.22. The number of nitrogens with zero attached hydrogens (tertiary/aromatic N) is 1. The fourth-order valence-corrected chi connectivity index (χ4v) is 6.41. The van der Waals surface area contributed by atoms with Crippen LogP contribution in [0.1, 0.15) is 53.5 Å². The van der Waals surface area contributed by atoms with E-state index in [0.717, 1.165) is 23.2 Å². The Morgan fingerprint density at radius 2 is 1.58 bits per heavy atom. The molecule has 1 heterocycles. The number of aromatic hydroxyl groups is 1. The molecule has 0 amide bonds. The van der Waals surface area contributed by atoms with Crippen LogP contribution in [0.5, 0.6) is 5.75 Å². The molecule has 4 aromatic carbocycles. The molecule has 0 spiro atoms. The Bertz CT molecular complexity index is 1430. The molecule has 2 nitrogen and oxygen atoms in total. The van der Waals surface area contributed by atoms with Gasteiger partial charge in [0.15, 0.2) is 0 Å². The van der Waals surface area contributed by atoms with Crippen LogP contribution < -0.4 is 4.90 Å². The third kappa shape index (κ3) is 3.64. The lowest BCUT2D eigenvalue weighted by Gasteiger charge is -2.53. The largest absolute Gasteiger partial charge is 0.508 e. The van der Waals surface area contributed by atoms with Crippen molar-refractivity contribution in [2.45, 2.75) is 43.7 Å². The topological polar surface area (TPSA) is 23.5 Å². The molecule has 0 radical (unpaired) electrons. The molecule has 1 saturated carbocycles. The van der Waals surface area contributed by atoms with Crippen LogP contribution in [0.25, 0.3) is 0 Å². The van der Waals surface area contributed by atoms with Gasteiger partial charge in [-0.25, -0.2) is 8.78 Å². The Morgan fingerprint density at radius 3 is 2.25 bits per heavy atom. The van der Waals surface area contributed by atoms with Crippen molar-refractivity contribution < 1.29 is 13.9 Å². The van der Waals surface area contributed by atoms with Crippen LogP contribution in [0.2, 0.25) is 0 Å². The highest BCUT2D eigenvalue weighted by atomic mass is 79.9. The molecule has 0 saturated heterocycles. The van der Waals surface area contributed by atoms with Crippen LogP contribution in [0.4, 0.5) is 14.5 Å². The highest BCUT2D eigenvalue weighted by Gasteiger charge is 2.51. The molecular formula is C31H26BrF2NO. The van der Waals surface area contributed by atoms with Crippen LogP contribution in [-0.2, 0) is 12.0 Å². The van der Waals surface area contributed by atoms with Gasteiger partial charge in [0, 0.05) is 16.2 Å². The molecule has 2 aliphatic rings. The molecule has 4 aromatic rings. The quantitative estimate of drug-likeness (QED) is 0.280. The highest BCUT2D eigenvalue weighted by Crippen LogP contribution is 2.52. The Labute approximate surface area is 218 Å². The minimum atomic E-state index is -1.34. The first-order valence-corrected chi connectivity index (χ1v) is 13.1. The van der Waals surface area contributed by atoms with E-state index in [4.69, 9.17) is 0 Å². The summed E-state index contributed by atoms with van der Waals surface area (Å²) >= 11 is 3.25. The van der Waals surface area contributed by atoms with E-state index < -0.39 is 17.2 Å². The van der Waals surface area contributed by atoms with Crippen LogP contribution in [0.3, 0.4) is 0 Å². The SMILES string of the molecule is C[C@@H]1Cc2ccccc2[C@@](c2cccc(O)c2)(c2c(F)cc(Br)cc2F)N1c1ccc(C2CC2)cc1. The Morgan fingerprint density at radius 1 is 0.889 bits per heavy atom. The lowest BCUT2D eigenvalue weighted by atomic mass is 9.69. The highest BCUT2D eigenvalue weighted by molar-refractivity contribution is 9.10. The van der Waals surface area contributed by atoms with Gasteiger partial charge >= 0.3 is 0 Å². The van der Waals surface area contributed by atoms with Gasteiger partial charge in [0.05, 0.1) is 5.56 Å². The van der Waals surface area contributed by atoms with Gasteiger partial charge in [0.25, 0.3) is 0 Å². The lowest BCUT2D eigenvalue weighted by Crippen LogP contribution is -2.57. The van der Waals surface area contributed by atoms with E-state index in [2.05, 4.69) is 52.0 Å².